The fraction of sp³-hybridized carbons (Fsp3) is 0.333. The Balaban J connectivity index is 1.66. The first-order chi connectivity index (χ1) is 12.0. The molecule has 0 saturated carbocycles. The summed E-state index contributed by atoms with van der Waals surface area (Å²) in [5, 5.41) is 7.85. The predicted molar refractivity (Wildman–Crippen MR) is 96.6 cm³/mol. The van der Waals surface area contributed by atoms with Gasteiger partial charge in [-0.3, -0.25) is 4.79 Å². The molecule has 1 unspecified atom stereocenters. The second-order valence-electron chi connectivity index (χ2n) is 6.08. The predicted octanol–water partition coefficient (Wildman–Crippen LogP) is 3.20. The maximum Gasteiger partial charge on any atom is 0.252 e. The Bertz CT molecular complexity index is 921. The Morgan fingerprint density at radius 3 is 2.92 bits per heavy atom. The van der Waals surface area contributed by atoms with Crippen LogP contribution in [0.2, 0.25) is 5.02 Å². The lowest BCUT2D eigenvalue weighted by molar-refractivity contribution is -0.121. The topological polar surface area (TPSA) is 72.2 Å². The molecule has 0 bridgehead atoms. The number of carbonyl (C=O) groups excluding carboxylic acids is 1. The van der Waals surface area contributed by atoms with E-state index in [1.54, 1.807) is 4.52 Å². The first-order valence-electron chi connectivity index (χ1n) is 8.16. The summed E-state index contributed by atoms with van der Waals surface area (Å²) >= 11 is 6.01. The normalized spacial score (nSPS) is 12.3. The number of halogens is 1. The molecule has 2 heterocycles. The van der Waals surface area contributed by atoms with Gasteiger partial charge in [0.2, 0.25) is 5.91 Å². The lowest BCUT2D eigenvalue weighted by Gasteiger charge is -2.15. The van der Waals surface area contributed by atoms with E-state index in [0.717, 1.165) is 22.5 Å². The van der Waals surface area contributed by atoms with Gasteiger partial charge in [0.15, 0.2) is 0 Å². The van der Waals surface area contributed by atoms with Crippen LogP contribution in [0.1, 0.15) is 41.9 Å². The highest BCUT2D eigenvalue weighted by Crippen LogP contribution is 2.18. The van der Waals surface area contributed by atoms with Crippen molar-refractivity contribution in [1.82, 2.24) is 24.9 Å². The molecule has 130 valence electrons. The minimum atomic E-state index is -0.0932. The van der Waals surface area contributed by atoms with Crippen molar-refractivity contribution < 1.29 is 4.79 Å². The molecule has 3 rings (SSSR count). The van der Waals surface area contributed by atoms with Crippen molar-refractivity contribution >= 4 is 23.3 Å². The molecular formula is C18H20ClN5O. The van der Waals surface area contributed by atoms with Gasteiger partial charge in [0.1, 0.15) is 6.33 Å². The lowest BCUT2D eigenvalue weighted by Crippen LogP contribution is -2.27. The molecule has 0 spiro atoms. The quantitative estimate of drug-likeness (QED) is 0.761. The standard InChI is InChI=1S/C18H20ClN5O/c1-11(14-5-4-6-15(19)9-14)22-17(25)8-7-16-12(2)23-18-20-10-21-24(18)13(16)3/h4-6,9-11H,7-8H2,1-3H3,(H,22,25). The minimum Gasteiger partial charge on any atom is -0.350 e. The number of nitrogens with zero attached hydrogens (tertiary/aromatic N) is 4. The molecule has 25 heavy (non-hydrogen) atoms. The van der Waals surface area contributed by atoms with Gasteiger partial charge in [-0.1, -0.05) is 23.7 Å². The van der Waals surface area contributed by atoms with Crippen LogP contribution in [-0.2, 0) is 11.2 Å². The third-order valence-corrected chi connectivity index (χ3v) is 4.55. The molecule has 1 N–H and O–H groups in total. The van der Waals surface area contributed by atoms with Crippen LogP contribution >= 0.6 is 11.6 Å². The highest BCUT2D eigenvalue weighted by atomic mass is 35.5. The zero-order chi connectivity index (χ0) is 18.0. The lowest BCUT2D eigenvalue weighted by atomic mass is 10.1. The molecule has 0 aliphatic carbocycles. The van der Waals surface area contributed by atoms with Crippen LogP contribution in [0.15, 0.2) is 30.6 Å². The SMILES string of the molecule is Cc1nc2ncnn2c(C)c1CCC(=O)NC(C)c1cccc(Cl)c1. The summed E-state index contributed by atoms with van der Waals surface area (Å²) in [4.78, 5) is 20.9. The van der Waals surface area contributed by atoms with Gasteiger partial charge in [0, 0.05) is 22.8 Å². The molecule has 1 atom stereocenters. The molecule has 6 nitrogen and oxygen atoms in total. The molecule has 0 saturated heterocycles. The van der Waals surface area contributed by atoms with E-state index in [4.69, 9.17) is 11.6 Å². The number of hydrogen-bond acceptors (Lipinski definition) is 4. The Labute approximate surface area is 151 Å². The van der Waals surface area contributed by atoms with Crippen LogP contribution in [0.4, 0.5) is 0 Å². The van der Waals surface area contributed by atoms with Gasteiger partial charge in [0.05, 0.1) is 6.04 Å². The first kappa shape index (κ1) is 17.4. The van der Waals surface area contributed by atoms with Crippen molar-refractivity contribution in [2.45, 2.75) is 39.7 Å². The first-order valence-corrected chi connectivity index (χ1v) is 8.54. The molecular weight excluding hydrogens is 338 g/mol. The van der Waals surface area contributed by atoms with E-state index in [9.17, 15) is 4.79 Å². The fourth-order valence-electron chi connectivity index (χ4n) is 2.93. The molecule has 0 aliphatic heterocycles. The van der Waals surface area contributed by atoms with E-state index in [1.165, 1.54) is 6.33 Å². The molecule has 1 aromatic carbocycles. The van der Waals surface area contributed by atoms with E-state index in [0.29, 0.717) is 23.6 Å². The van der Waals surface area contributed by atoms with Crippen molar-refractivity contribution in [3.05, 3.63) is 58.1 Å². The van der Waals surface area contributed by atoms with Crippen LogP contribution in [-0.4, -0.2) is 25.5 Å². The second-order valence-corrected chi connectivity index (χ2v) is 6.51. The van der Waals surface area contributed by atoms with Gasteiger partial charge in [-0.25, -0.2) is 9.50 Å². The summed E-state index contributed by atoms with van der Waals surface area (Å²) in [6.07, 6.45) is 2.47. The van der Waals surface area contributed by atoms with Crippen molar-refractivity contribution in [3.8, 4) is 0 Å². The van der Waals surface area contributed by atoms with Gasteiger partial charge >= 0.3 is 0 Å². The molecule has 0 aliphatic rings. The summed E-state index contributed by atoms with van der Waals surface area (Å²) in [7, 11) is 0. The average Bonchev–Trinajstić information content (AvgIpc) is 3.03. The van der Waals surface area contributed by atoms with E-state index < -0.39 is 0 Å². The molecule has 1 amide bonds. The molecule has 2 aromatic heterocycles. The smallest absolute Gasteiger partial charge is 0.252 e. The summed E-state index contributed by atoms with van der Waals surface area (Å²) in [6, 6.07) is 7.42. The largest absolute Gasteiger partial charge is 0.350 e. The number of aromatic nitrogens is 4. The van der Waals surface area contributed by atoms with Gasteiger partial charge in [-0.15, -0.1) is 0 Å². The number of fused-ring (bicyclic) bond motifs is 1. The highest BCUT2D eigenvalue weighted by molar-refractivity contribution is 6.30. The summed E-state index contributed by atoms with van der Waals surface area (Å²) in [5.41, 5.74) is 3.87. The van der Waals surface area contributed by atoms with E-state index >= 15 is 0 Å². The highest BCUT2D eigenvalue weighted by Gasteiger charge is 2.14. The van der Waals surface area contributed by atoms with E-state index in [2.05, 4.69) is 20.4 Å². The maximum atomic E-state index is 12.3. The van der Waals surface area contributed by atoms with Crippen LogP contribution in [0, 0.1) is 13.8 Å². The third-order valence-electron chi connectivity index (χ3n) is 4.32. The number of nitrogens with one attached hydrogen (secondary N) is 1. The summed E-state index contributed by atoms with van der Waals surface area (Å²) in [6.45, 7) is 5.85. The van der Waals surface area contributed by atoms with E-state index in [-0.39, 0.29) is 11.9 Å². The molecule has 0 radical (unpaired) electrons. The number of rotatable bonds is 5. The monoisotopic (exact) mass is 357 g/mol. The average molecular weight is 358 g/mol. The maximum absolute atomic E-state index is 12.3. The van der Waals surface area contributed by atoms with Crippen LogP contribution in [0.25, 0.3) is 5.78 Å². The molecule has 0 fully saturated rings. The van der Waals surface area contributed by atoms with Crippen LogP contribution < -0.4 is 5.32 Å². The molecule has 7 heteroatoms. The Hall–Kier alpha value is -2.47. The number of amides is 1. The van der Waals surface area contributed by atoms with Crippen molar-refractivity contribution in [3.63, 3.8) is 0 Å². The number of hydrogen-bond donors (Lipinski definition) is 1. The Kier molecular flexibility index (Phi) is 4.99. The van der Waals surface area contributed by atoms with Gasteiger partial charge < -0.3 is 5.32 Å². The zero-order valence-corrected chi connectivity index (χ0v) is 15.2. The third kappa shape index (κ3) is 3.79. The number of benzene rings is 1. The second kappa shape index (κ2) is 7.19. The fourth-order valence-corrected chi connectivity index (χ4v) is 3.13. The van der Waals surface area contributed by atoms with Crippen molar-refractivity contribution in [2.75, 3.05) is 0 Å². The Morgan fingerprint density at radius 1 is 1.36 bits per heavy atom. The van der Waals surface area contributed by atoms with Crippen molar-refractivity contribution in [2.24, 2.45) is 0 Å². The van der Waals surface area contributed by atoms with E-state index in [1.807, 2.05) is 45.0 Å². The summed E-state index contributed by atoms with van der Waals surface area (Å²) < 4.78 is 1.70. The minimum absolute atomic E-state index is 0.00929. The van der Waals surface area contributed by atoms with Gasteiger partial charge in [-0.2, -0.15) is 10.1 Å². The Morgan fingerprint density at radius 2 is 2.16 bits per heavy atom. The van der Waals surface area contributed by atoms with Gasteiger partial charge in [0.25, 0.3) is 5.78 Å². The number of carbonyl (C=O) groups is 1. The summed E-state index contributed by atoms with van der Waals surface area (Å²) in [5.74, 6) is 0.572. The van der Waals surface area contributed by atoms with Gasteiger partial charge in [-0.05, 0) is 50.5 Å². The molecule has 3 aromatic rings. The van der Waals surface area contributed by atoms with Crippen LogP contribution in [0.5, 0.6) is 0 Å². The number of aryl methyl sites for hydroxylation is 2. The zero-order valence-electron chi connectivity index (χ0n) is 14.5. The van der Waals surface area contributed by atoms with Crippen molar-refractivity contribution in [1.29, 1.82) is 0 Å². The van der Waals surface area contributed by atoms with Crippen LogP contribution in [0.3, 0.4) is 0 Å².